The third kappa shape index (κ3) is 1.63. The van der Waals surface area contributed by atoms with Crippen LogP contribution in [0, 0.1) is 0 Å². The summed E-state index contributed by atoms with van der Waals surface area (Å²) >= 11 is 0. The van der Waals surface area contributed by atoms with E-state index in [1.807, 2.05) is 0 Å². The van der Waals surface area contributed by atoms with Gasteiger partial charge >= 0.3 is 0 Å². The molecular weight excluding hydrogens is 242 g/mol. The molecule has 20 heavy (non-hydrogen) atoms. The average Bonchev–Trinajstić information content (AvgIpc) is 2.88. The standard InChI is InChI=1S/C19H17N/c1-13-15(14-7-3-2-4-8-14)11-12-17-16-9-5-6-10-18(16)20-19(13)17/h2-13,15,20H,1H3. The molecular formula is C19H17N. The van der Waals surface area contributed by atoms with Gasteiger partial charge in [-0.2, -0.15) is 0 Å². The van der Waals surface area contributed by atoms with Crippen LogP contribution in [0.15, 0.2) is 60.7 Å². The zero-order chi connectivity index (χ0) is 13.5. The topological polar surface area (TPSA) is 15.8 Å². The highest BCUT2D eigenvalue weighted by Crippen LogP contribution is 2.41. The Morgan fingerprint density at radius 3 is 2.50 bits per heavy atom. The fourth-order valence-corrected chi connectivity index (χ4v) is 3.34. The first-order valence-corrected chi connectivity index (χ1v) is 7.18. The van der Waals surface area contributed by atoms with Crippen LogP contribution in [-0.2, 0) is 0 Å². The van der Waals surface area contributed by atoms with Gasteiger partial charge in [-0.25, -0.2) is 0 Å². The van der Waals surface area contributed by atoms with Gasteiger partial charge in [0.1, 0.15) is 0 Å². The number of hydrogen-bond donors (Lipinski definition) is 1. The highest BCUT2D eigenvalue weighted by atomic mass is 14.7. The lowest BCUT2D eigenvalue weighted by molar-refractivity contribution is 0.655. The monoisotopic (exact) mass is 259 g/mol. The van der Waals surface area contributed by atoms with Crippen LogP contribution >= 0.6 is 0 Å². The largest absolute Gasteiger partial charge is 0.358 e. The third-order valence-electron chi connectivity index (χ3n) is 4.43. The Morgan fingerprint density at radius 1 is 0.900 bits per heavy atom. The minimum absolute atomic E-state index is 0.455. The molecule has 2 atom stereocenters. The minimum Gasteiger partial charge on any atom is -0.358 e. The van der Waals surface area contributed by atoms with Gasteiger partial charge in [-0.15, -0.1) is 0 Å². The molecule has 1 aliphatic carbocycles. The van der Waals surface area contributed by atoms with Gasteiger partial charge in [0.2, 0.25) is 0 Å². The molecule has 1 aromatic heterocycles. The highest BCUT2D eigenvalue weighted by Gasteiger charge is 2.26. The molecule has 0 saturated carbocycles. The Morgan fingerprint density at radius 2 is 1.65 bits per heavy atom. The summed E-state index contributed by atoms with van der Waals surface area (Å²) in [5, 5.41) is 1.33. The molecule has 0 radical (unpaired) electrons. The van der Waals surface area contributed by atoms with Crippen molar-refractivity contribution in [1.82, 2.24) is 4.98 Å². The maximum Gasteiger partial charge on any atom is 0.0462 e. The van der Waals surface area contributed by atoms with E-state index in [0.717, 1.165) is 0 Å². The molecule has 0 spiro atoms. The smallest absolute Gasteiger partial charge is 0.0462 e. The molecule has 1 N–H and O–H groups in total. The molecule has 1 heteroatoms. The molecule has 2 aromatic carbocycles. The second kappa shape index (κ2) is 4.38. The van der Waals surface area contributed by atoms with E-state index in [4.69, 9.17) is 0 Å². The Balaban J connectivity index is 1.85. The van der Waals surface area contributed by atoms with E-state index in [0.29, 0.717) is 11.8 Å². The summed E-state index contributed by atoms with van der Waals surface area (Å²) in [6, 6.07) is 19.3. The summed E-state index contributed by atoms with van der Waals surface area (Å²) in [7, 11) is 0. The molecule has 0 aliphatic heterocycles. The van der Waals surface area contributed by atoms with E-state index in [-0.39, 0.29) is 0 Å². The van der Waals surface area contributed by atoms with Crippen LogP contribution in [0.4, 0.5) is 0 Å². The number of rotatable bonds is 1. The Hall–Kier alpha value is -2.28. The van der Waals surface area contributed by atoms with Crippen molar-refractivity contribution in [3.63, 3.8) is 0 Å². The molecule has 0 bridgehead atoms. The predicted molar refractivity (Wildman–Crippen MR) is 84.9 cm³/mol. The normalized spacial score (nSPS) is 21.1. The van der Waals surface area contributed by atoms with Crippen LogP contribution in [0.5, 0.6) is 0 Å². The van der Waals surface area contributed by atoms with Gasteiger partial charge in [0.25, 0.3) is 0 Å². The zero-order valence-electron chi connectivity index (χ0n) is 11.5. The van der Waals surface area contributed by atoms with Crippen molar-refractivity contribution in [3.8, 4) is 0 Å². The van der Waals surface area contributed by atoms with Crippen LogP contribution in [0.25, 0.3) is 17.0 Å². The lowest BCUT2D eigenvalue weighted by Gasteiger charge is -2.25. The summed E-state index contributed by atoms with van der Waals surface area (Å²) in [6.45, 7) is 2.31. The Bertz CT molecular complexity index is 780. The van der Waals surface area contributed by atoms with Gasteiger partial charge in [0, 0.05) is 34.0 Å². The fraction of sp³-hybridized carbons (Fsp3) is 0.158. The van der Waals surface area contributed by atoms with E-state index >= 15 is 0 Å². The van der Waals surface area contributed by atoms with Crippen LogP contribution in [0.3, 0.4) is 0 Å². The maximum atomic E-state index is 3.61. The number of aromatic amines is 1. The number of allylic oxidation sites excluding steroid dienone is 1. The second-order valence-corrected chi connectivity index (χ2v) is 5.58. The third-order valence-corrected chi connectivity index (χ3v) is 4.43. The summed E-state index contributed by atoms with van der Waals surface area (Å²) in [5.41, 5.74) is 5.35. The summed E-state index contributed by atoms with van der Waals surface area (Å²) in [6.07, 6.45) is 4.63. The van der Waals surface area contributed by atoms with Gasteiger partial charge in [0.05, 0.1) is 0 Å². The van der Waals surface area contributed by atoms with Crippen molar-refractivity contribution < 1.29 is 0 Å². The SMILES string of the molecule is CC1c2[nH]c3ccccc3c2C=CC1c1ccccc1. The predicted octanol–water partition coefficient (Wildman–Crippen LogP) is 5.08. The number of para-hydroxylation sites is 1. The first-order valence-electron chi connectivity index (χ1n) is 7.18. The van der Waals surface area contributed by atoms with E-state index in [1.54, 1.807) is 0 Å². The van der Waals surface area contributed by atoms with Gasteiger partial charge in [-0.05, 0) is 11.6 Å². The molecule has 0 amide bonds. The average molecular weight is 259 g/mol. The zero-order valence-corrected chi connectivity index (χ0v) is 11.5. The van der Waals surface area contributed by atoms with Gasteiger partial charge in [0.15, 0.2) is 0 Å². The molecule has 1 nitrogen and oxygen atoms in total. The molecule has 0 fully saturated rings. The second-order valence-electron chi connectivity index (χ2n) is 5.58. The van der Waals surface area contributed by atoms with E-state index < -0.39 is 0 Å². The first kappa shape index (κ1) is 11.5. The Kier molecular flexibility index (Phi) is 2.53. The van der Waals surface area contributed by atoms with E-state index in [2.05, 4.69) is 78.7 Å². The number of hydrogen-bond acceptors (Lipinski definition) is 0. The molecule has 0 saturated heterocycles. The van der Waals surface area contributed by atoms with Crippen LogP contribution in [0.2, 0.25) is 0 Å². The Labute approximate surface area is 119 Å². The van der Waals surface area contributed by atoms with Gasteiger partial charge in [-0.3, -0.25) is 0 Å². The molecule has 1 heterocycles. The lowest BCUT2D eigenvalue weighted by Crippen LogP contribution is -2.10. The molecule has 2 unspecified atom stereocenters. The van der Waals surface area contributed by atoms with Gasteiger partial charge in [-0.1, -0.05) is 67.6 Å². The van der Waals surface area contributed by atoms with Crippen molar-refractivity contribution in [3.05, 3.63) is 77.5 Å². The van der Waals surface area contributed by atoms with Crippen molar-refractivity contribution in [2.75, 3.05) is 0 Å². The first-order chi connectivity index (χ1) is 9.84. The van der Waals surface area contributed by atoms with Crippen LogP contribution in [-0.4, -0.2) is 4.98 Å². The van der Waals surface area contributed by atoms with E-state index in [9.17, 15) is 0 Å². The molecule has 98 valence electrons. The van der Waals surface area contributed by atoms with Crippen molar-refractivity contribution in [2.24, 2.45) is 0 Å². The number of nitrogens with one attached hydrogen (secondary N) is 1. The highest BCUT2D eigenvalue weighted by molar-refractivity contribution is 5.91. The molecule has 3 aromatic rings. The maximum absolute atomic E-state index is 3.61. The minimum atomic E-state index is 0.455. The lowest BCUT2D eigenvalue weighted by atomic mass is 9.80. The summed E-state index contributed by atoms with van der Waals surface area (Å²) in [4.78, 5) is 3.61. The fourth-order valence-electron chi connectivity index (χ4n) is 3.34. The number of fused-ring (bicyclic) bond motifs is 3. The molecule has 4 rings (SSSR count). The quantitative estimate of drug-likeness (QED) is 0.627. The van der Waals surface area contributed by atoms with Crippen LogP contribution in [0.1, 0.15) is 35.6 Å². The van der Waals surface area contributed by atoms with Crippen molar-refractivity contribution in [2.45, 2.75) is 18.8 Å². The molecule has 1 aliphatic rings. The summed E-state index contributed by atoms with van der Waals surface area (Å²) < 4.78 is 0. The number of benzene rings is 2. The van der Waals surface area contributed by atoms with Crippen molar-refractivity contribution in [1.29, 1.82) is 0 Å². The number of aromatic nitrogens is 1. The summed E-state index contributed by atoms with van der Waals surface area (Å²) in [5.74, 6) is 0.932. The van der Waals surface area contributed by atoms with E-state index in [1.165, 1.54) is 27.7 Å². The van der Waals surface area contributed by atoms with Crippen molar-refractivity contribution >= 4 is 17.0 Å². The van der Waals surface area contributed by atoms with Gasteiger partial charge < -0.3 is 4.98 Å². The number of H-pyrrole nitrogens is 1. The van der Waals surface area contributed by atoms with Crippen LogP contribution < -0.4 is 0 Å².